The number of carbonyl (C=O) groups is 1. The number of halogens is 3. The van der Waals surface area contributed by atoms with Crippen molar-refractivity contribution in [2.75, 3.05) is 11.9 Å². The maximum atomic E-state index is 13.5. The number of alkyl halides is 1. The van der Waals surface area contributed by atoms with Crippen molar-refractivity contribution < 1.29 is 13.6 Å². The van der Waals surface area contributed by atoms with Crippen LogP contribution in [0.3, 0.4) is 0 Å². The Morgan fingerprint density at radius 1 is 1.25 bits per heavy atom. The Balaban J connectivity index is 2.02. The van der Waals surface area contributed by atoms with Gasteiger partial charge in [0.1, 0.15) is 0 Å². The van der Waals surface area contributed by atoms with E-state index in [-0.39, 0.29) is 11.0 Å². The molecule has 0 unspecified atom stereocenters. The van der Waals surface area contributed by atoms with Crippen molar-refractivity contribution in [1.29, 1.82) is 0 Å². The van der Waals surface area contributed by atoms with Gasteiger partial charge in [-0.3, -0.25) is 4.79 Å². The molecular formula is C15H18BrF2NO. The quantitative estimate of drug-likeness (QED) is 0.819. The number of hydrogen-bond donors (Lipinski definition) is 1. The van der Waals surface area contributed by atoms with Crippen LogP contribution < -0.4 is 5.32 Å². The van der Waals surface area contributed by atoms with Gasteiger partial charge in [0.15, 0.2) is 11.6 Å². The molecule has 0 bridgehead atoms. The molecule has 1 amide bonds. The Morgan fingerprint density at radius 3 is 2.60 bits per heavy atom. The second-order valence-electron chi connectivity index (χ2n) is 5.48. The molecule has 0 aliphatic heterocycles. The van der Waals surface area contributed by atoms with Gasteiger partial charge in [-0.1, -0.05) is 41.3 Å². The van der Waals surface area contributed by atoms with Gasteiger partial charge < -0.3 is 5.32 Å². The Morgan fingerprint density at radius 2 is 1.95 bits per heavy atom. The van der Waals surface area contributed by atoms with Crippen molar-refractivity contribution in [2.45, 2.75) is 32.1 Å². The first-order chi connectivity index (χ1) is 9.58. The molecule has 0 aromatic heterocycles. The zero-order valence-corrected chi connectivity index (χ0v) is 12.8. The van der Waals surface area contributed by atoms with Crippen LogP contribution in [0.5, 0.6) is 0 Å². The Kier molecular flexibility index (Phi) is 5.13. The van der Waals surface area contributed by atoms with E-state index in [1.807, 2.05) is 0 Å². The van der Waals surface area contributed by atoms with E-state index in [4.69, 9.17) is 0 Å². The van der Waals surface area contributed by atoms with Gasteiger partial charge in [0.2, 0.25) is 0 Å². The fourth-order valence-corrected chi connectivity index (χ4v) is 3.46. The van der Waals surface area contributed by atoms with Gasteiger partial charge in [-0.05, 0) is 30.4 Å². The highest BCUT2D eigenvalue weighted by Crippen LogP contribution is 2.37. The summed E-state index contributed by atoms with van der Waals surface area (Å²) in [5, 5.41) is 3.56. The number of carbonyl (C=O) groups excluding carboxylic acids is 1. The molecule has 20 heavy (non-hydrogen) atoms. The molecule has 0 atom stereocenters. The first-order valence-corrected chi connectivity index (χ1v) is 7.98. The predicted octanol–water partition coefficient (Wildman–Crippen LogP) is 4.04. The normalized spacial score (nSPS) is 17.8. The minimum Gasteiger partial charge on any atom is -0.351 e. The molecule has 2 rings (SSSR count). The van der Waals surface area contributed by atoms with Crippen LogP contribution in [0.4, 0.5) is 8.78 Å². The topological polar surface area (TPSA) is 29.1 Å². The zero-order valence-electron chi connectivity index (χ0n) is 11.2. The number of nitrogens with one attached hydrogen (secondary N) is 1. The third-order valence-electron chi connectivity index (χ3n) is 4.02. The van der Waals surface area contributed by atoms with Crippen LogP contribution in [0.15, 0.2) is 18.2 Å². The van der Waals surface area contributed by atoms with E-state index < -0.39 is 17.5 Å². The van der Waals surface area contributed by atoms with E-state index in [2.05, 4.69) is 21.2 Å². The first kappa shape index (κ1) is 15.4. The molecule has 110 valence electrons. The molecule has 1 saturated carbocycles. The molecule has 0 radical (unpaired) electrons. The molecule has 1 fully saturated rings. The van der Waals surface area contributed by atoms with Crippen LogP contribution in [0.25, 0.3) is 0 Å². The predicted molar refractivity (Wildman–Crippen MR) is 78.0 cm³/mol. The fraction of sp³-hybridized carbons (Fsp3) is 0.533. The molecule has 1 aliphatic rings. The van der Waals surface area contributed by atoms with Gasteiger partial charge in [0, 0.05) is 11.9 Å². The first-order valence-electron chi connectivity index (χ1n) is 6.86. The van der Waals surface area contributed by atoms with E-state index in [0.717, 1.165) is 37.1 Å². The molecule has 1 aromatic rings. The lowest BCUT2D eigenvalue weighted by molar-refractivity contribution is 0.0917. The smallest absolute Gasteiger partial charge is 0.254 e. The van der Waals surface area contributed by atoms with Crippen LogP contribution in [0, 0.1) is 17.0 Å². The standard InChI is InChI=1S/C15H18BrF2NO/c16-9-15(7-2-1-3-8-15)10-19-14(20)11-5-4-6-12(17)13(11)18/h4-6H,1-3,7-10H2,(H,19,20). The SMILES string of the molecule is O=C(NCC1(CBr)CCCCC1)c1cccc(F)c1F. The molecule has 0 heterocycles. The summed E-state index contributed by atoms with van der Waals surface area (Å²) in [6.07, 6.45) is 5.61. The van der Waals surface area contributed by atoms with Gasteiger partial charge in [-0.2, -0.15) is 0 Å². The highest BCUT2D eigenvalue weighted by molar-refractivity contribution is 9.09. The van der Waals surface area contributed by atoms with E-state index in [1.54, 1.807) is 0 Å². The molecule has 1 N–H and O–H groups in total. The Hall–Kier alpha value is -0.970. The summed E-state index contributed by atoms with van der Waals surface area (Å²) in [7, 11) is 0. The van der Waals surface area contributed by atoms with Crippen molar-refractivity contribution in [3.63, 3.8) is 0 Å². The van der Waals surface area contributed by atoms with Crippen LogP contribution in [0.2, 0.25) is 0 Å². The number of rotatable bonds is 4. The summed E-state index contributed by atoms with van der Waals surface area (Å²) in [5.74, 6) is -2.63. The van der Waals surface area contributed by atoms with E-state index >= 15 is 0 Å². The van der Waals surface area contributed by atoms with Gasteiger partial charge in [-0.15, -0.1) is 0 Å². The molecule has 0 spiro atoms. The molecular weight excluding hydrogens is 328 g/mol. The summed E-state index contributed by atoms with van der Waals surface area (Å²) >= 11 is 3.52. The summed E-state index contributed by atoms with van der Waals surface area (Å²) < 4.78 is 26.7. The van der Waals surface area contributed by atoms with Crippen LogP contribution in [-0.2, 0) is 0 Å². The Bertz CT molecular complexity index is 487. The highest BCUT2D eigenvalue weighted by Gasteiger charge is 2.31. The number of hydrogen-bond acceptors (Lipinski definition) is 1. The van der Waals surface area contributed by atoms with E-state index in [0.29, 0.717) is 6.54 Å². The molecule has 1 aromatic carbocycles. The maximum absolute atomic E-state index is 13.5. The van der Waals surface area contributed by atoms with Crippen molar-refractivity contribution in [3.05, 3.63) is 35.4 Å². The summed E-state index contributed by atoms with van der Waals surface area (Å²) in [4.78, 5) is 12.0. The maximum Gasteiger partial charge on any atom is 0.254 e. The minimum atomic E-state index is -1.08. The lowest BCUT2D eigenvalue weighted by atomic mass is 9.75. The molecule has 0 saturated heterocycles. The summed E-state index contributed by atoms with van der Waals surface area (Å²) in [6.45, 7) is 0.493. The fourth-order valence-electron chi connectivity index (χ4n) is 2.70. The van der Waals surface area contributed by atoms with Gasteiger partial charge in [0.25, 0.3) is 5.91 Å². The Labute approximate surface area is 126 Å². The van der Waals surface area contributed by atoms with Crippen molar-refractivity contribution >= 4 is 21.8 Å². The van der Waals surface area contributed by atoms with E-state index in [1.165, 1.54) is 18.6 Å². The van der Waals surface area contributed by atoms with E-state index in [9.17, 15) is 13.6 Å². The molecule has 5 heteroatoms. The van der Waals surface area contributed by atoms with Crippen molar-refractivity contribution in [2.24, 2.45) is 5.41 Å². The number of benzene rings is 1. The van der Waals surface area contributed by atoms with Crippen molar-refractivity contribution in [3.8, 4) is 0 Å². The molecule has 1 aliphatic carbocycles. The monoisotopic (exact) mass is 345 g/mol. The van der Waals surface area contributed by atoms with Crippen molar-refractivity contribution in [1.82, 2.24) is 5.32 Å². The third kappa shape index (κ3) is 3.37. The second kappa shape index (κ2) is 6.66. The average molecular weight is 346 g/mol. The minimum absolute atomic E-state index is 0.0394. The van der Waals surface area contributed by atoms with Crippen LogP contribution in [-0.4, -0.2) is 17.8 Å². The lowest BCUT2D eigenvalue weighted by Gasteiger charge is -2.35. The van der Waals surface area contributed by atoms with Crippen LogP contribution in [0.1, 0.15) is 42.5 Å². The summed E-state index contributed by atoms with van der Waals surface area (Å²) in [5.41, 5.74) is -0.192. The lowest BCUT2D eigenvalue weighted by Crippen LogP contribution is -2.40. The molecule has 2 nitrogen and oxygen atoms in total. The zero-order chi connectivity index (χ0) is 14.6. The third-order valence-corrected chi connectivity index (χ3v) is 5.21. The summed E-state index contributed by atoms with van der Waals surface area (Å²) in [6, 6.07) is 3.65. The second-order valence-corrected chi connectivity index (χ2v) is 6.04. The van der Waals surface area contributed by atoms with Gasteiger partial charge >= 0.3 is 0 Å². The highest BCUT2D eigenvalue weighted by atomic mass is 79.9. The van der Waals surface area contributed by atoms with Gasteiger partial charge in [0.05, 0.1) is 5.56 Å². The van der Waals surface area contributed by atoms with Gasteiger partial charge in [-0.25, -0.2) is 8.78 Å². The average Bonchev–Trinajstić information content (AvgIpc) is 2.48. The largest absolute Gasteiger partial charge is 0.351 e. The van der Waals surface area contributed by atoms with Crippen LogP contribution >= 0.6 is 15.9 Å². The number of amides is 1.